The van der Waals surface area contributed by atoms with Crippen molar-refractivity contribution in [3.63, 3.8) is 0 Å². The van der Waals surface area contributed by atoms with Crippen LogP contribution in [0.4, 0.5) is 4.79 Å². The van der Waals surface area contributed by atoms with Crippen molar-refractivity contribution in [3.05, 3.63) is 12.2 Å². The molecule has 1 saturated carbocycles. The molecule has 3 nitrogen and oxygen atoms in total. The van der Waals surface area contributed by atoms with E-state index in [1.807, 2.05) is 13.0 Å². The molecule has 0 radical (unpaired) electrons. The van der Waals surface area contributed by atoms with Gasteiger partial charge in [-0.15, -0.1) is 0 Å². The molecule has 1 rings (SSSR count). The third-order valence-electron chi connectivity index (χ3n) is 2.60. The van der Waals surface area contributed by atoms with E-state index in [1.54, 1.807) is 11.9 Å². The lowest BCUT2D eigenvalue weighted by atomic mass is 10.3. The van der Waals surface area contributed by atoms with Crippen molar-refractivity contribution in [2.45, 2.75) is 45.1 Å². The quantitative estimate of drug-likeness (QED) is 0.654. The standard InChI is InChI=1S/C12H21NO2/c1-4-5-6-7-10-13(3)11(14)15-12(2)8-9-12/h6-7H,4-5,8-10H2,1-3H3/b7-6-. The Balaban J connectivity index is 2.20. The van der Waals surface area contributed by atoms with Gasteiger partial charge in [-0.05, 0) is 26.2 Å². The van der Waals surface area contributed by atoms with Crippen LogP contribution in [0.5, 0.6) is 0 Å². The summed E-state index contributed by atoms with van der Waals surface area (Å²) in [5.74, 6) is 0. The third kappa shape index (κ3) is 4.36. The smallest absolute Gasteiger partial charge is 0.410 e. The van der Waals surface area contributed by atoms with Gasteiger partial charge in [0, 0.05) is 13.6 Å². The molecule has 0 saturated heterocycles. The Bertz CT molecular complexity index is 244. The summed E-state index contributed by atoms with van der Waals surface area (Å²) >= 11 is 0. The van der Waals surface area contributed by atoms with E-state index in [4.69, 9.17) is 4.74 Å². The average molecular weight is 211 g/mol. The first-order chi connectivity index (χ1) is 7.07. The van der Waals surface area contributed by atoms with Crippen LogP contribution >= 0.6 is 0 Å². The Hall–Kier alpha value is -0.990. The first-order valence-electron chi connectivity index (χ1n) is 5.66. The van der Waals surface area contributed by atoms with Gasteiger partial charge in [0.05, 0.1) is 0 Å². The molecule has 1 amide bonds. The van der Waals surface area contributed by atoms with Gasteiger partial charge < -0.3 is 9.64 Å². The van der Waals surface area contributed by atoms with E-state index in [0.717, 1.165) is 25.7 Å². The summed E-state index contributed by atoms with van der Waals surface area (Å²) in [6.07, 6.45) is 8.11. The Morgan fingerprint density at radius 2 is 2.13 bits per heavy atom. The molecule has 1 aliphatic carbocycles. The van der Waals surface area contributed by atoms with E-state index in [1.165, 1.54) is 0 Å². The number of carbonyl (C=O) groups is 1. The molecule has 0 atom stereocenters. The largest absolute Gasteiger partial charge is 0.443 e. The number of unbranched alkanes of at least 4 members (excludes halogenated alkanes) is 1. The number of nitrogens with zero attached hydrogens (tertiary/aromatic N) is 1. The van der Waals surface area contributed by atoms with E-state index in [9.17, 15) is 4.79 Å². The molecule has 1 aliphatic rings. The van der Waals surface area contributed by atoms with Gasteiger partial charge in [0.2, 0.25) is 0 Å². The molecule has 15 heavy (non-hydrogen) atoms. The monoisotopic (exact) mass is 211 g/mol. The van der Waals surface area contributed by atoms with Gasteiger partial charge in [-0.1, -0.05) is 25.5 Å². The van der Waals surface area contributed by atoms with Gasteiger partial charge in [0.1, 0.15) is 5.60 Å². The second-order valence-corrected chi connectivity index (χ2v) is 4.46. The van der Waals surface area contributed by atoms with Crippen LogP contribution in [-0.2, 0) is 4.74 Å². The van der Waals surface area contributed by atoms with Gasteiger partial charge in [-0.2, -0.15) is 0 Å². The zero-order valence-electron chi connectivity index (χ0n) is 9.95. The molecule has 0 spiro atoms. The number of rotatable bonds is 5. The second kappa shape index (κ2) is 5.19. The van der Waals surface area contributed by atoms with Crippen LogP contribution < -0.4 is 0 Å². The molecule has 86 valence electrons. The maximum atomic E-state index is 11.5. The molecule has 3 heteroatoms. The van der Waals surface area contributed by atoms with Crippen molar-refractivity contribution >= 4 is 6.09 Å². The van der Waals surface area contributed by atoms with E-state index < -0.39 is 0 Å². The number of ether oxygens (including phenoxy) is 1. The third-order valence-corrected chi connectivity index (χ3v) is 2.60. The minimum Gasteiger partial charge on any atom is -0.443 e. The van der Waals surface area contributed by atoms with Crippen molar-refractivity contribution in [2.24, 2.45) is 0 Å². The topological polar surface area (TPSA) is 29.5 Å². The van der Waals surface area contributed by atoms with Crippen molar-refractivity contribution in [2.75, 3.05) is 13.6 Å². The van der Waals surface area contributed by atoms with Gasteiger partial charge >= 0.3 is 6.09 Å². The molecular weight excluding hydrogens is 190 g/mol. The number of likely N-dealkylation sites (N-methyl/N-ethyl adjacent to an activating group) is 1. The fourth-order valence-electron chi connectivity index (χ4n) is 1.16. The van der Waals surface area contributed by atoms with Gasteiger partial charge in [0.15, 0.2) is 0 Å². The average Bonchev–Trinajstić information content (AvgIpc) is 2.90. The highest BCUT2D eigenvalue weighted by atomic mass is 16.6. The Labute approximate surface area is 92.1 Å². The summed E-state index contributed by atoms with van der Waals surface area (Å²) in [4.78, 5) is 13.1. The minimum absolute atomic E-state index is 0.168. The molecule has 0 aromatic carbocycles. The highest BCUT2D eigenvalue weighted by Gasteiger charge is 2.42. The van der Waals surface area contributed by atoms with E-state index in [-0.39, 0.29) is 11.7 Å². The van der Waals surface area contributed by atoms with Crippen LogP contribution in [0.2, 0.25) is 0 Å². The molecule has 0 aliphatic heterocycles. The maximum Gasteiger partial charge on any atom is 0.410 e. The number of carbonyl (C=O) groups excluding carboxylic acids is 1. The summed E-state index contributed by atoms with van der Waals surface area (Å²) < 4.78 is 5.32. The highest BCUT2D eigenvalue weighted by molar-refractivity contribution is 5.68. The molecule has 0 N–H and O–H groups in total. The van der Waals surface area contributed by atoms with Gasteiger partial charge in [-0.3, -0.25) is 0 Å². The van der Waals surface area contributed by atoms with Crippen LogP contribution in [0.25, 0.3) is 0 Å². The minimum atomic E-state index is -0.212. The summed E-state index contributed by atoms with van der Waals surface area (Å²) in [6, 6.07) is 0. The second-order valence-electron chi connectivity index (χ2n) is 4.46. The molecule has 0 aromatic rings. The van der Waals surface area contributed by atoms with E-state index >= 15 is 0 Å². The number of hydrogen-bond donors (Lipinski definition) is 0. The predicted molar refractivity (Wildman–Crippen MR) is 60.8 cm³/mol. The van der Waals surface area contributed by atoms with E-state index in [0.29, 0.717) is 6.54 Å². The molecule has 1 fully saturated rings. The first-order valence-corrected chi connectivity index (χ1v) is 5.66. The summed E-state index contributed by atoms with van der Waals surface area (Å²) in [5.41, 5.74) is -0.168. The van der Waals surface area contributed by atoms with Crippen LogP contribution in [-0.4, -0.2) is 30.2 Å². The fourth-order valence-corrected chi connectivity index (χ4v) is 1.16. The predicted octanol–water partition coefficient (Wildman–Crippen LogP) is 2.96. The SMILES string of the molecule is CCC/C=C\CN(C)C(=O)OC1(C)CC1. The van der Waals surface area contributed by atoms with Crippen molar-refractivity contribution in [3.8, 4) is 0 Å². The lowest BCUT2D eigenvalue weighted by molar-refractivity contribution is 0.0674. The molecule has 0 aromatic heterocycles. The molecule has 0 heterocycles. The molecule has 0 bridgehead atoms. The van der Waals surface area contributed by atoms with Gasteiger partial charge in [-0.25, -0.2) is 4.79 Å². The fraction of sp³-hybridized carbons (Fsp3) is 0.750. The maximum absolute atomic E-state index is 11.5. The lowest BCUT2D eigenvalue weighted by Crippen LogP contribution is -2.31. The van der Waals surface area contributed by atoms with Crippen LogP contribution in [0, 0.1) is 0 Å². The molecule has 0 unspecified atom stereocenters. The summed E-state index contributed by atoms with van der Waals surface area (Å²) in [6.45, 7) is 4.75. The van der Waals surface area contributed by atoms with Crippen LogP contribution in [0.1, 0.15) is 39.5 Å². The zero-order valence-corrected chi connectivity index (χ0v) is 9.95. The van der Waals surface area contributed by atoms with Crippen LogP contribution in [0.3, 0.4) is 0 Å². The summed E-state index contributed by atoms with van der Waals surface area (Å²) in [5, 5.41) is 0. The van der Waals surface area contributed by atoms with Crippen molar-refractivity contribution < 1.29 is 9.53 Å². The normalized spacial score (nSPS) is 17.8. The number of hydrogen-bond acceptors (Lipinski definition) is 2. The highest BCUT2D eigenvalue weighted by Crippen LogP contribution is 2.38. The van der Waals surface area contributed by atoms with Crippen LogP contribution in [0.15, 0.2) is 12.2 Å². The van der Waals surface area contributed by atoms with Gasteiger partial charge in [0.25, 0.3) is 0 Å². The lowest BCUT2D eigenvalue weighted by Gasteiger charge is -2.18. The number of amides is 1. The van der Waals surface area contributed by atoms with Crippen molar-refractivity contribution in [1.29, 1.82) is 0 Å². The van der Waals surface area contributed by atoms with Crippen molar-refractivity contribution in [1.82, 2.24) is 4.90 Å². The summed E-state index contributed by atoms with van der Waals surface area (Å²) in [7, 11) is 1.77. The zero-order chi connectivity index (χ0) is 11.3. The number of allylic oxidation sites excluding steroid dienone is 1. The first kappa shape index (κ1) is 12.1. The van der Waals surface area contributed by atoms with E-state index in [2.05, 4.69) is 13.0 Å². The Morgan fingerprint density at radius 3 is 2.67 bits per heavy atom. The Kier molecular flexibility index (Phi) is 4.18. The molecular formula is C12H21NO2. The Morgan fingerprint density at radius 1 is 1.47 bits per heavy atom.